The van der Waals surface area contributed by atoms with Crippen LogP contribution >= 0.6 is 11.3 Å². The van der Waals surface area contributed by atoms with Crippen LogP contribution < -0.4 is 0 Å². The van der Waals surface area contributed by atoms with Crippen molar-refractivity contribution >= 4 is 28.6 Å². The van der Waals surface area contributed by atoms with Gasteiger partial charge in [0.05, 0.1) is 17.2 Å². The zero-order valence-electron chi connectivity index (χ0n) is 9.46. The molecule has 0 saturated heterocycles. The van der Waals surface area contributed by atoms with Gasteiger partial charge < -0.3 is 10.2 Å². The number of aliphatic imine (C=N–C) groups is 1. The normalized spacial score (nSPS) is 25.6. The molecule has 1 aromatic rings. The average Bonchev–Trinajstić information content (AvgIpc) is 3.01. The minimum absolute atomic E-state index is 0.0964. The van der Waals surface area contributed by atoms with Gasteiger partial charge in [-0.2, -0.15) is 11.3 Å². The van der Waals surface area contributed by atoms with Crippen molar-refractivity contribution < 1.29 is 15.0 Å². The summed E-state index contributed by atoms with van der Waals surface area (Å²) in [6, 6.07) is 1.73. The Balaban J connectivity index is 2.13. The lowest BCUT2D eigenvalue weighted by Gasteiger charge is -2.18. The molecule has 0 fully saturated rings. The molecule has 92 valence electrons. The van der Waals surface area contributed by atoms with E-state index in [0.29, 0.717) is 24.2 Å². The molecule has 1 atom stereocenters. The van der Waals surface area contributed by atoms with Crippen molar-refractivity contribution in [1.29, 1.82) is 0 Å². The molecule has 2 N–H and O–H groups in total. The number of rotatable bonds is 1. The van der Waals surface area contributed by atoms with Gasteiger partial charge >= 0.3 is 0 Å². The maximum absolute atomic E-state index is 12.2. The Morgan fingerprint density at radius 3 is 3.06 bits per heavy atom. The number of Topliss-reactive ketones (excluding diaryl/α,β-unsaturated/α-hetero) is 1. The largest absolute Gasteiger partial charge is 0.512 e. The van der Waals surface area contributed by atoms with Crippen molar-refractivity contribution in [3.63, 3.8) is 0 Å². The first-order valence-electron chi connectivity index (χ1n) is 5.64. The van der Waals surface area contributed by atoms with Crippen molar-refractivity contribution in [2.75, 3.05) is 6.54 Å². The number of carbonyl (C=O) groups is 1. The van der Waals surface area contributed by atoms with Crippen molar-refractivity contribution in [3.8, 4) is 0 Å². The lowest BCUT2D eigenvalue weighted by Crippen LogP contribution is -2.28. The zero-order valence-corrected chi connectivity index (χ0v) is 10.3. The predicted octanol–water partition coefficient (Wildman–Crippen LogP) is 2.50. The van der Waals surface area contributed by atoms with Gasteiger partial charge in [0.25, 0.3) is 0 Å². The summed E-state index contributed by atoms with van der Waals surface area (Å²) in [6.45, 7) is 0.552. The fourth-order valence-electron chi connectivity index (χ4n) is 2.26. The van der Waals surface area contributed by atoms with Crippen LogP contribution in [0.4, 0.5) is 0 Å². The summed E-state index contributed by atoms with van der Waals surface area (Å²) in [5, 5.41) is 23.6. The van der Waals surface area contributed by atoms with E-state index in [1.54, 1.807) is 11.4 Å². The van der Waals surface area contributed by atoms with Gasteiger partial charge in [-0.1, -0.05) is 0 Å². The SMILES string of the molecule is O=C1C2=NCCC2C(O)=C/C1=C(\O)c1ccsc1. The second-order valence-corrected chi connectivity index (χ2v) is 5.06. The first-order valence-corrected chi connectivity index (χ1v) is 6.58. The molecule has 18 heavy (non-hydrogen) atoms. The van der Waals surface area contributed by atoms with Crippen LogP contribution in [-0.2, 0) is 4.79 Å². The van der Waals surface area contributed by atoms with Gasteiger partial charge in [-0.15, -0.1) is 0 Å². The molecular formula is C13H11NO3S. The molecule has 2 heterocycles. The van der Waals surface area contributed by atoms with Crippen LogP contribution in [0.15, 0.2) is 39.2 Å². The van der Waals surface area contributed by atoms with Crippen LogP contribution in [-0.4, -0.2) is 28.3 Å². The Kier molecular flexibility index (Phi) is 2.56. The summed E-state index contributed by atoms with van der Waals surface area (Å²) in [4.78, 5) is 16.3. The van der Waals surface area contributed by atoms with E-state index in [-0.39, 0.29) is 28.8 Å². The van der Waals surface area contributed by atoms with Gasteiger partial charge in [0.2, 0.25) is 5.78 Å². The molecule has 0 radical (unpaired) electrons. The highest BCUT2D eigenvalue weighted by Gasteiger charge is 2.36. The minimum atomic E-state index is -0.281. The van der Waals surface area contributed by atoms with Crippen LogP contribution in [0.1, 0.15) is 12.0 Å². The third-order valence-corrected chi connectivity index (χ3v) is 3.89. The molecule has 1 aliphatic carbocycles. The Hall–Kier alpha value is -1.88. The molecule has 2 aliphatic rings. The Morgan fingerprint density at radius 2 is 2.33 bits per heavy atom. The van der Waals surface area contributed by atoms with E-state index in [2.05, 4.69) is 4.99 Å². The van der Waals surface area contributed by atoms with E-state index in [4.69, 9.17) is 0 Å². The highest BCUT2D eigenvalue weighted by atomic mass is 32.1. The highest BCUT2D eigenvalue weighted by molar-refractivity contribution is 7.08. The number of nitrogens with zero attached hydrogens (tertiary/aromatic N) is 1. The Bertz CT molecular complexity index is 596. The van der Waals surface area contributed by atoms with Crippen LogP contribution in [0.5, 0.6) is 0 Å². The van der Waals surface area contributed by atoms with Gasteiger partial charge in [0.1, 0.15) is 11.5 Å². The predicted molar refractivity (Wildman–Crippen MR) is 70.0 cm³/mol. The first-order chi connectivity index (χ1) is 8.68. The summed E-state index contributed by atoms with van der Waals surface area (Å²) >= 11 is 1.43. The van der Waals surface area contributed by atoms with Crippen molar-refractivity contribution in [2.24, 2.45) is 10.9 Å². The maximum Gasteiger partial charge on any atom is 0.211 e. The topological polar surface area (TPSA) is 69.9 Å². The number of hydrogen-bond acceptors (Lipinski definition) is 5. The third-order valence-electron chi connectivity index (χ3n) is 3.21. The quantitative estimate of drug-likeness (QED) is 0.602. The Labute approximate surface area is 108 Å². The van der Waals surface area contributed by atoms with Crippen LogP contribution in [0.2, 0.25) is 0 Å². The molecule has 0 spiro atoms. The minimum Gasteiger partial charge on any atom is -0.512 e. The Morgan fingerprint density at radius 1 is 1.50 bits per heavy atom. The number of hydrogen-bond donors (Lipinski definition) is 2. The fraction of sp³-hybridized carbons (Fsp3) is 0.231. The number of aliphatic hydroxyl groups excluding tert-OH is 2. The number of thiophene rings is 1. The monoisotopic (exact) mass is 261 g/mol. The second-order valence-electron chi connectivity index (χ2n) is 4.28. The number of allylic oxidation sites excluding steroid dienone is 3. The lowest BCUT2D eigenvalue weighted by atomic mass is 9.86. The molecule has 3 rings (SSSR count). The summed E-state index contributed by atoms with van der Waals surface area (Å²) in [6.07, 6.45) is 2.03. The van der Waals surface area contributed by atoms with E-state index in [9.17, 15) is 15.0 Å². The van der Waals surface area contributed by atoms with Crippen molar-refractivity contribution in [1.82, 2.24) is 0 Å². The number of fused-ring (bicyclic) bond motifs is 1. The summed E-state index contributed by atoms with van der Waals surface area (Å²) in [5.74, 6) is -0.543. The smallest absolute Gasteiger partial charge is 0.211 e. The second kappa shape index (κ2) is 4.10. The van der Waals surface area contributed by atoms with E-state index in [0.717, 1.165) is 0 Å². The average molecular weight is 261 g/mol. The molecule has 0 amide bonds. The van der Waals surface area contributed by atoms with Gasteiger partial charge in [-0.25, -0.2) is 0 Å². The molecule has 5 heteroatoms. The summed E-state index contributed by atoms with van der Waals surface area (Å²) in [7, 11) is 0. The molecule has 1 aliphatic heterocycles. The molecule has 0 bridgehead atoms. The number of carbonyl (C=O) groups excluding carboxylic acids is 1. The lowest BCUT2D eigenvalue weighted by molar-refractivity contribution is -0.109. The zero-order chi connectivity index (χ0) is 12.7. The molecule has 4 nitrogen and oxygen atoms in total. The third kappa shape index (κ3) is 1.59. The van der Waals surface area contributed by atoms with Crippen LogP contribution in [0.25, 0.3) is 5.76 Å². The van der Waals surface area contributed by atoms with Gasteiger partial charge in [-0.3, -0.25) is 9.79 Å². The van der Waals surface area contributed by atoms with E-state index >= 15 is 0 Å². The van der Waals surface area contributed by atoms with E-state index < -0.39 is 0 Å². The van der Waals surface area contributed by atoms with Crippen LogP contribution in [0.3, 0.4) is 0 Å². The molecule has 1 aromatic heterocycles. The van der Waals surface area contributed by atoms with Crippen molar-refractivity contribution in [3.05, 3.63) is 39.8 Å². The van der Waals surface area contributed by atoms with Crippen LogP contribution in [0, 0.1) is 5.92 Å². The van der Waals surface area contributed by atoms with Gasteiger partial charge in [0, 0.05) is 17.5 Å². The molecular weight excluding hydrogens is 250 g/mol. The van der Waals surface area contributed by atoms with E-state index in [1.165, 1.54) is 17.4 Å². The number of aliphatic hydroxyl groups is 2. The summed E-state index contributed by atoms with van der Waals surface area (Å²) < 4.78 is 0. The number of ketones is 1. The van der Waals surface area contributed by atoms with Crippen molar-refractivity contribution in [2.45, 2.75) is 6.42 Å². The fourth-order valence-corrected chi connectivity index (χ4v) is 2.90. The van der Waals surface area contributed by atoms with Gasteiger partial charge in [-0.05, 0) is 23.9 Å². The first kappa shape index (κ1) is 11.2. The summed E-state index contributed by atoms with van der Waals surface area (Å²) in [5.41, 5.74) is 1.08. The van der Waals surface area contributed by atoms with E-state index in [1.807, 2.05) is 5.38 Å². The maximum atomic E-state index is 12.2. The molecule has 1 unspecified atom stereocenters. The molecule has 0 aromatic carbocycles. The molecule has 0 saturated carbocycles. The van der Waals surface area contributed by atoms with Gasteiger partial charge in [0.15, 0.2) is 0 Å². The standard InChI is InChI=1S/C13H11NO3S/c15-10-5-9(12(16)7-2-4-18-6-7)13(17)11-8(10)1-3-14-11/h2,4-6,8,15-16H,1,3H2/b12-9+. The highest BCUT2D eigenvalue weighted by Crippen LogP contribution is 2.32.